The molecule has 0 spiro atoms. The third kappa shape index (κ3) is 2.47. The third-order valence-electron chi connectivity index (χ3n) is 4.75. The van der Waals surface area contributed by atoms with Crippen LogP contribution in [0.5, 0.6) is 0 Å². The molecule has 0 saturated carbocycles. The Morgan fingerprint density at radius 3 is 2.46 bits per heavy atom. The van der Waals surface area contributed by atoms with Crippen LogP contribution < -0.4 is 0 Å². The predicted molar refractivity (Wildman–Crippen MR) is 110 cm³/mol. The zero-order chi connectivity index (χ0) is 16.5. The van der Waals surface area contributed by atoms with Gasteiger partial charge in [-0.05, 0) is 23.6 Å². The monoisotopic (exact) mass is 550 g/mol. The van der Waals surface area contributed by atoms with Gasteiger partial charge in [0.05, 0.1) is 5.65 Å². The maximum Gasteiger partial charge on any atom is 0.223 e. The van der Waals surface area contributed by atoms with Crippen molar-refractivity contribution in [2.45, 2.75) is 14.9 Å². The first-order valence-corrected chi connectivity index (χ1v) is 8.02. The minimum Gasteiger partial charge on any atom is -0.438 e. The number of fused-ring (bicyclic) bond motifs is 10. The van der Waals surface area contributed by atoms with Crippen molar-refractivity contribution in [2.75, 3.05) is 0 Å². The van der Waals surface area contributed by atoms with Crippen molar-refractivity contribution in [3.05, 3.63) is 72.5 Å². The SMILES string of the molecule is C.C.Fc1c[c-]c2c(c1)c1ccccc1n1c2nc2c3ccccc3oc21.[Ir]. The number of benzene rings is 3. The Hall–Kier alpha value is -2.75. The second-order valence-electron chi connectivity index (χ2n) is 6.15. The summed E-state index contributed by atoms with van der Waals surface area (Å²) in [5.41, 5.74) is 3.98. The summed E-state index contributed by atoms with van der Waals surface area (Å²) < 4.78 is 21.9. The molecule has 0 amide bonds. The molecular weight excluding hydrogens is 531 g/mol. The molecule has 0 unspecified atom stereocenters. The Bertz CT molecular complexity index is 1470. The van der Waals surface area contributed by atoms with Gasteiger partial charge in [0, 0.05) is 36.8 Å². The molecule has 0 atom stereocenters. The quantitative estimate of drug-likeness (QED) is 0.155. The van der Waals surface area contributed by atoms with Crippen LogP contribution in [0, 0.1) is 11.9 Å². The zero-order valence-corrected chi connectivity index (χ0v) is 15.7. The zero-order valence-electron chi connectivity index (χ0n) is 13.3. The molecule has 1 radical (unpaired) electrons. The summed E-state index contributed by atoms with van der Waals surface area (Å²) in [7, 11) is 0. The van der Waals surface area contributed by atoms with Crippen molar-refractivity contribution in [2.24, 2.45) is 0 Å². The van der Waals surface area contributed by atoms with Gasteiger partial charge in [-0.15, -0.1) is 18.2 Å². The van der Waals surface area contributed by atoms with E-state index in [1.807, 2.05) is 52.9 Å². The standard InChI is InChI=1S/C21H10FN2O.2CH4.Ir/c22-12-9-10-14-16(11-12)13-5-1-3-7-17(13)24-20(14)23-19-15-6-2-4-8-18(15)25-21(19)24;;;/h1-9,11H;2*1H4;/q-1;;;. The molecule has 0 aliphatic rings. The van der Waals surface area contributed by atoms with E-state index >= 15 is 0 Å². The van der Waals surface area contributed by atoms with Crippen LogP contribution >= 0.6 is 0 Å². The number of imidazole rings is 1. The van der Waals surface area contributed by atoms with Crippen molar-refractivity contribution in [1.82, 2.24) is 9.38 Å². The molecule has 0 bridgehead atoms. The molecule has 5 heteroatoms. The number of nitrogens with zero attached hydrogens (tertiary/aromatic N) is 2. The molecule has 0 aliphatic carbocycles. The van der Waals surface area contributed by atoms with Gasteiger partial charge in [0.15, 0.2) is 0 Å². The number of para-hydroxylation sites is 2. The summed E-state index contributed by atoms with van der Waals surface area (Å²) >= 11 is 0. The number of furan rings is 1. The van der Waals surface area contributed by atoms with Gasteiger partial charge in [-0.1, -0.05) is 56.0 Å². The van der Waals surface area contributed by atoms with Gasteiger partial charge >= 0.3 is 0 Å². The van der Waals surface area contributed by atoms with Gasteiger partial charge in [-0.25, -0.2) is 0 Å². The van der Waals surface area contributed by atoms with E-state index < -0.39 is 0 Å². The van der Waals surface area contributed by atoms with Crippen molar-refractivity contribution < 1.29 is 28.9 Å². The number of pyridine rings is 1. The molecule has 3 heterocycles. The van der Waals surface area contributed by atoms with Crippen LogP contribution in [0.1, 0.15) is 14.9 Å². The van der Waals surface area contributed by atoms with Gasteiger partial charge in [-0.2, -0.15) is 0 Å². The van der Waals surface area contributed by atoms with Crippen LogP contribution in [-0.2, 0) is 20.1 Å². The number of hydrogen-bond donors (Lipinski definition) is 0. The largest absolute Gasteiger partial charge is 0.438 e. The number of halogens is 1. The minimum atomic E-state index is -0.303. The minimum absolute atomic E-state index is 0. The smallest absolute Gasteiger partial charge is 0.223 e. The first-order chi connectivity index (χ1) is 12.3. The normalized spacial score (nSPS) is 10.9. The topological polar surface area (TPSA) is 30.4 Å². The Labute approximate surface area is 175 Å². The first-order valence-electron chi connectivity index (χ1n) is 8.02. The molecule has 0 N–H and O–H groups in total. The Morgan fingerprint density at radius 1 is 0.929 bits per heavy atom. The first kappa shape index (κ1) is 20.0. The van der Waals surface area contributed by atoms with Gasteiger partial charge in [-0.3, -0.25) is 9.37 Å². The van der Waals surface area contributed by atoms with E-state index in [1.54, 1.807) is 6.07 Å². The molecular formula is C23H18FIrN2O-. The Balaban J connectivity index is 0.000000750. The van der Waals surface area contributed by atoms with Crippen LogP contribution in [0.4, 0.5) is 4.39 Å². The molecule has 0 saturated heterocycles. The third-order valence-corrected chi connectivity index (χ3v) is 4.75. The fourth-order valence-electron chi connectivity index (χ4n) is 3.69. The van der Waals surface area contributed by atoms with Crippen LogP contribution in [0.2, 0.25) is 0 Å². The van der Waals surface area contributed by atoms with Gasteiger partial charge in [0.25, 0.3) is 0 Å². The molecule has 0 fully saturated rings. The maximum atomic E-state index is 13.8. The van der Waals surface area contributed by atoms with Gasteiger partial charge in [0.1, 0.15) is 11.1 Å². The summed E-state index contributed by atoms with van der Waals surface area (Å²) in [6.07, 6.45) is 0. The average molecular weight is 550 g/mol. The Morgan fingerprint density at radius 2 is 1.64 bits per heavy atom. The van der Waals surface area contributed by atoms with Crippen molar-refractivity contribution in [1.29, 1.82) is 0 Å². The Kier molecular flexibility index (Phi) is 5.00. The van der Waals surface area contributed by atoms with Crippen molar-refractivity contribution in [3.63, 3.8) is 0 Å². The van der Waals surface area contributed by atoms with E-state index in [4.69, 9.17) is 9.40 Å². The van der Waals surface area contributed by atoms with Crippen LogP contribution in [-0.4, -0.2) is 9.38 Å². The summed E-state index contributed by atoms with van der Waals surface area (Å²) in [5, 5.41) is 3.51. The summed E-state index contributed by atoms with van der Waals surface area (Å²) in [5.74, 6) is -0.303. The molecule has 6 aromatic rings. The number of rotatable bonds is 0. The predicted octanol–water partition coefficient (Wildman–Crippen LogP) is 6.75. The molecule has 0 aliphatic heterocycles. The average Bonchev–Trinajstić information content (AvgIpc) is 3.18. The van der Waals surface area contributed by atoms with Gasteiger partial charge < -0.3 is 8.82 Å². The van der Waals surface area contributed by atoms with Crippen LogP contribution in [0.15, 0.2) is 65.1 Å². The van der Waals surface area contributed by atoms with E-state index in [1.165, 1.54) is 6.07 Å². The second kappa shape index (κ2) is 7.01. The molecule has 3 aromatic heterocycles. The number of hydrogen-bond acceptors (Lipinski definition) is 2. The van der Waals surface area contributed by atoms with E-state index in [0.29, 0.717) is 5.71 Å². The second-order valence-corrected chi connectivity index (χ2v) is 6.15. The van der Waals surface area contributed by atoms with E-state index in [2.05, 4.69) is 6.07 Å². The molecule has 143 valence electrons. The van der Waals surface area contributed by atoms with Crippen LogP contribution in [0.25, 0.3) is 49.5 Å². The molecule has 3 aromatic carbocycles. The fraction of sp³-hybridized carbons (Fsp3) is 0.0870. The molecule has 28 heavy (non-hydrogen) atoms. The molecule has 3 nitrogen and oxygen atoms in total. The summed E-state index contributed by atoms with van der Waals surface area (Å²) in [6, 6.07) is 21.7. The van der Waals surface area contributed by atoms with Crippen LogP contribution in [0.3, 0.4) is 0 Å². The fourth-order valence-corrected chi connectivity index (χ4v) is 3.69. The number of aromatic nitrogens is 2. The van der Waals surface area contributed by atoms with Crippen molar-refractivity contribution in [3.8, 4) is 0 Å². The van der Waals surface area contributed by atoms with E-state index in [0.717, 1.165) is 43.8 Å². The van der Waals surface area contributed by atoms with E-state index in [-0.39, 0.29) is 40.8 Å². The molecule has 6 rings (SSSR count). The summed E-state index contributed by atoms with van der Waals surface area (Å²) in [4.78, 5) is 4.83. The summed E-state index contributed by atoms with van der Waals surface area (Å²) in [6.45, 7) is 0. The van der Waals surface area contributed by atoms with Gasteiger partial charge in [0.2, 0.25) is 5.71 Å². The maximum absolute atomic E-state index is 13.8. The van der Waals surface area contributed by atoms with E-state index in [9.17, 15) is 4.39 Å². The van der Waals surface area contributed by atoms with Crippen molar-refractivity contribution >= 4 is 49.5 Å².